The molecule has 0 saturated heterocycles. The second-order valence-corrected chi connectivity index (χ2v) is 5.37. The molecule has 0 heterocycles. The van der Waals surface area contributed by atoms with Crippen LogP contribution in [0.5, 0.6) is 0 Å². The molecule has 0 aliphatic carbocycles. The maximum atomic E-state index is 11.7. The molecule has 0 fully saturated rings. The Labute approximate surface area is 135 Å². The number of benzene rings is 2. The Morgan fingerprint density at radius 2 is 1.57 bits per heavy atom. The highest BCUT2D eigenvalue weighted by Gasteiger charge is 2.12. The van der Waals surface area contributed by atoms with E-state index < -0.39 is 5.97 Å². The van der Waals surface area contributed by atoms with Gasteiger partial charge in [-0.25, -0.2) is 0 Å². The third-order valence-electron chi connectivity index (χ3n) is 3.57. The van der Waals surface area contributed by atoms with Gasteiger partial charge in [0, 0.05) is 12.8 Å². The first kappa shape index (κ1) is 16.7. The van der Waals surface area contributed by atoms with E-state index in [2.05, 4.69) is 0 Å². The second-order valence-electron chi connectivity index (χ2n) is 5.37. The summed E-state index contributed by atoms with van der Waals surface area (Å²) < 4.78 is 5.33. The van der Waals surface area contributed by atoms with Gasteiger partial charge in [-0.05, 0) is 30.0 Å². The van der Waals surface area contributed by atoms with Gasteiger partial charge in [0.1, 0.15) is 6.10 Å². The minimum atomic E-state index is -0.901. The Morgan fingerprint density at radius 3 is 2.17 bits per heavy atom. The number of carbonyl (C=O) groups excluding carboxylic acids is 1. The molecule has 0 aliphatic heterocycles. The number of rotatable bonds is 7. The van der Waals surface area contributed by atoms with Gasteiger partial charge in [-0.3, -0.25) is 9.59 Å². The first-order chi connectivity index (χ1) is 11.1. The molecular weight excluding hydrogens is 292 g/mol. The first-order valence-electron chi connectivity index (χ1n) is 7.63. The molecule has 4 nitrogen and oxygen atoms in total. The maximum absolute atomic E-state index is 11.7. The zero-order valence-electron chi connectivity index (χ0n) is 13.1. The normalized spacial score (nSPS) is 11.7. The summed E-state index contributed by atoms with van der Waals surface area (Å²) in [4.78, 5) is 22.1. The largest absolute Gasteiger partial charge is 0.481 e. The number of hydrogen-bond donors (Lipinski definition) is 1. The minimum absolute atomic E-state index is 0.0186. The first-order valence-corrected chi connectivity index (χ1v) is 7.63. The van der Waals surface area contributed by atoms with E-state index in [0.717, 1.165) is 16.7 Å². The minimum Gasteiger partial charge on any atom is -0.481 e. The summed E-state index contributed by atoms with van der Waals surface area (Å²) in [6, 6.07) is 17.9. The Balaban J connectivity index is 1.91. The van der Waals surface area contributed by atoms with Gasteiger partial charge in [0.05, 0.1) is 0 Å². The Bertz CT molecular complexity index is 647. The van der Waals surface area contributed by atoms with Crippen LogP contribution in [0.1, 0.15) is 37.9 Å². The lowest BCUT2D eigenvalue weighted by atomic mass is 10.0. The third-order valence-corrected chi connectivity index (χ3v) is 3.57. The van der Waals surface area contributed by atoms with Crippen LogP contribution in [0.3, 0.4) is 0 Å². The van der Waals surface area contributed by atoms with Gasteiger partial charge in [0.2, 0.25) is 0 Å². The molecule has 0 aliphatic rings. The molecule has 1 unspecified atom stereocenters. The topological polar surface area (TPSA) is 63.6 Å². The van der Waals surface area contributed by atoms with Crippen molar-refractivity contribution in [2.45, 2.75) is 32.3 Å². The second kappa shape index (κ2) is 8.13. The molecule has 2 rings (SSSR count). The van der Waals surface area contributed by atoms with Crippen LogP contribution in [0.25, 0.3) is 11.1 Å². The third kappa shape index (κ3) is 5.25. The van der Waals surface area contributed by atoms with Crippen LogP contribution in [-0.4, -0.2) is 17.0 Å². The molecular formula is C19H20O4. The molecule has 0 bridgehead atoms. The number of carboxylic acid groups (broad SMARTS) is 1. The molecule has 2 aromatic rings. The molecule has 2 aromatic carbocycles. The van der Waals surface area contributed by atoms with Crippen molar-refractivity contribution >= 4 is 11.9 Å². The lowest BCUT2D eigenvalue weighted by molar-refractivity contribution is -0.148. The van der Waals surface area contributed by atoms with Gasteiger partial charge in [-0.2, -0.15) is 0 Å². The number of carboxylic acids is 1. The van der Waals surface area contributed by atoms with Crippen molar-refractivity contribution in [3.8, 4) is 11.1 Å². The van der Waals surface area contributed by atoms with E-state index in [9.17, 15) is 9.59 Å². The van der Waals surface area contributed by atoms with E-state index in [1.54, 1.807) is 0 Å². The standard InChI is InChI=1S/C19H20O4/c1-14(23-19(22)9-5-8-18(20)21)15-10-12-17(13-11-15)16-6-3-2-4-7-16/h2-4,6-7,10-14H,5,8-9H2,1H3,(H,20,21). The van der Waals surface area contributed by atoms with E-state index in [1.807, 2.05) is 61.5 Å². The van der Waals surface area contributed by atoms with Crippen molar-refractivity contribution in [2.75, 3.05) is 0 Å². The van der Waals surface area contributed by atoms with E-state index in [4.69, 9.17) is 9.84 Å². The molecule has 120 valence electrons. The summed E-state index contributed by atoms with van der Waals surface area (Å²) in [5, 5.41) is 8.55. The highest BCUT2D eigenvalue weighted by atomic mass is 16.5. The Kier molecular flexibility index (Phi) is 5.92. The van der Waals surface area contributed by atoms with Crippen molar-refractivity contribution in [3.05, 3.63) is 60.2 Å². The summed E-state index contributed by atoms with van der Waals surface area (Å²) in [5.41, 5.74) is 3.16. The molecule has 0 aromatic heterocycles. The molecule has 0 amide bonds. The lowest BCUT2D eigenvalue weighted by Gasteiger charge is -2.14. The van der Waals surface area contributed by atoms with Crippen LogP contribution in [0, 0.1) is 0 Å². The number of carbonyl (C=O) groups is 2. The zero-order chi connectivity index (χ0) is 16.7. The van der Waals surface area contributed by atoms with Crippen LogP contribution in [0.2, 0.25) is 0 Å². The van der Waals surface area contributed by atoms with Crippen molar-refractivity contribution in [1.29, 1.82) is 0 Å². The number of esters is 1. The molecule has 1 atom stereocenters. The number of hydrogen-bond acceptors (Lipinski definition) is 3. The molecule has 0 spiro atoms. The SMILES string of the molecule is CC(OC(=O)CCCC(=O)O)c1ccc(-c2ccccc2)cc1. The fourth-order valence-corrected chi connectivity index (χ4v) is 2.29. The molecule has 0 saturated carbocycles. The van der Waals surface area contributed by atoms with Crippen LogP contribution < -0.4 is 0 Å². The summed E-state index contributed by atoms with van der Waals surface area (Å²) in [7, 11) is 0. The average molecular weight is 312 g/mol. The monoisotopic (exact) mass is 312 g/mol. The maximum Gasteiger partial charge on any atom is 0.306 e. The predicted molar refractivity (Wildman–Crippen MR) is 87.9 cm³/mol. The lowest BCUT2D eigenvalue weighted by Crippen LogP contribution is -2.09. The van der Waals surface area contributed by atoms with Crippen molar-refractivity contribution in [1.82, 2.24) is 0 Å². The highest BCUT2D eigenvalue weighted by Crippen LogP contribution is 2.23. The van der Waals surface area contributed by atoms with Crippen LogP contribution in [0.15, 0.2) is 54.6 Å². The fraction of sp³-hybridized carbons (Fsp3) is 0.263. The van der Waals surface area contributed by atoms with Gasteiger partial charge in [0.15, 0.2) is 0 Å². The zero-order valence-corrected chi connectivity index (χ0v) is 13.1. The van der Waals surface area contributed by atoms with Gasteiger partial charge in [-0.15, -0.1) is 0 Å². The van der Waals surface area contributed by atoms with Gasteiger partial charge < -0.3 is 9.84 Å². The van der Waals surface area contributed by atoms with E-state index in [-0.39, 0.29) is 24.9 Å². The smallest absolute Gasteiger partial charge is 0.306 e. The summed E-state index contributed by atoms with van der Waals surface area (Å²) in [6.45, 7) is 1.81. The fourth-order valence-electron chi connectivity index (χ4n) is 2.29. The van der Waals surface area contributed by atoms with Crippen LogP contribution in [0.4, 0.5) is 0 Å². The Morgan fingerprint density at radius 1 is 0.957 bits per heavy atom. The van der Waals surface area contributed by atoms with E-state index in [1.165, 1.54) is 0 Å². The number of ether oxygens (including phenoxy) is 1. The molecule has 0 radical (unpaired) electrons. The molecule has 23 heavy (non-hydrogen) atoms. The summed E-state index contributed by atoms with van der Waals surface area (Å²) in [6.07, 6.45) is 0.0547. The van der Waals surface area contributed by atoms with Gasteiger partial charge in [0.25, 0.3) is 0 Å². The van der Waals surface area contributed by atoms with Crippen molar-refractivity contribution < 1.29 is 19.4 Å². The molecule has 1 N–H and O–H groups in total. The quantitative estimate of drug-likeness (QED) is 0.778. The van der Waals surface area contributed by atoms with Crippen molar-refractivity contribution in [2.24, 2.45) is 0 Å². The van der Waals surface area contributed by atoms with E-state index in [0.29, 0.717) is 6.42 Å². The van der Waals surface area contributed by atoms with Gasteiger partial charge >= 0.3 is 11.9 Å². The van der Waals surface area contributed by atoms with Crippen molar-refractivity contribution in [3.63, 3.8) is 0 Å². The highest BCUT2D eigenvalue weighted by molar-refractivity contribution is 5.71. The summed E-state index contributed by atoms with van der Waals surface area (Å²) in [5.74, 6) is -1.27. The number of aliphatic carboxylic acids is 1. The average Bonchev–Trinajstić information content (AvgIpc) is 2.55. The Hall–Kier alpha value is -2.62. The van der Waals surface area contributed by atoms with E-state index >= 15 is 0 Å². The summed E-state index contributed by atoms with van der Waals surface area (Å²) >= 11 is 0. The predicted octanol–water partition coefficient (Wildman–Crippen LogP) is 4.21. The van der Waals surface area contributed by atoms with Crippen LogP contribution >= 0.6 is 0 Å². The van der Waals surface area contributed by atoms with Crippen LogP contribution in [-0.2, 0) is 14.3 Å². The van der Waals surface area contributed by atoms with Gasteiger partial charge in [-0.1, -0.05) is 54.6 Å². The molecule has 4 heteroatoms.